The van der Waals surface area contributed by atoms with E-state index in [9.17, 15) is 4.79 Å². The van der Waals surface area contributed by atoms with Gasteiger partial charge in [-0.1, -0.05) is 24.3 Å². The molecule has 0 aliphatic carbocycles. The van der Waals surface area contributed by atoms with Crippen LogP contribution in [0.2, 0.25) is 0 Å². The van der Waals surface area contributed by atoms with Crippen molar-refractivity contribution in [2.24, 2.45) is 0 Å². The summed E-state index contributed by atoms with van der Waals surface area (Å²) < 4.78 is 5.65. The molecular formula is C18H18N2O2. The van der Waals surface area contributed by atoms with E-state index in [0.29, 0.717) is 30.7 Å². The fourth-order valence-electron chi connectivity index (χ4n) is 2.02. The minimum absolute atomic E-state index is 0.0801. The van der Waals surface area contributed by atoms with Gasteiger partial charge in [0.05, 0.1) is 18.2 Å². The molecule has 22 heavy (non-hydrogen) atoms. The van der Waals surface area contributed by atoms with Gasteiger partial charge in [-0.15, -0.1) is 0 Å². The quantitative estimate of drug-likeness (QED) is 0.827. The zero-order valence-electron chi connectivity index (χ0n) is 12.5. The highest BCUT2D eigenvalue weighted by molar-refractivity contribution is 5.90. The number of rotatable bonds is 6. The molecule has 0 saturated carbocycles. The summed E-state index contributed by atoms with van der Waals surface area (Å²) in [6.45, 7) is 2.49. The largest absolute Gasteiger partial charge is 0.493 e. The number of anilines is 1. The molecule has 0 aliphatic rings. The Labute approximate surface area is 130 Å². The molecule has 0 spiro atoms. The van der Waals surface area contributed by atoms with Crippen molar-refractivity contribution in [3.8, 4) is 11.8 Å². The Morgan fingerprint density at radius 3 is 2.82 bits per heavy atom. The lowest BCUT2D eigenvalue weighted by Crippen LogP contribution is -2.13. The summed E-state index contributed by atoms with van der Waals surface area (Å²) in [5.74, 6) is 0.771. The standard InChI is InChI=1S/C18H18N2O2/c1-14-6-2-3-9-17(14)22-11-5-10-18(21)20-16-8-4-7-15(12-16)13-19/h2-4,6-9,12H,5,10-11H2,1H3,(H,20,21). The molecule has 0 heterocycles. The molecule has 0 saturated heterocycles. The van der Waals surface area contributed by atoms with E-state index >= 15 is 0 Å². The first-order valence-corrected chi connectivity index (χ1v) is 7.17. The van der Waals surface area contributed by atoms with Crippen molar-refractivity contribution in [1.29, 1.82) is 5.26 Å². The van der Waals surface area contributed by atoms with Gasteiger partial charge >= 0.3 is 0 Å². The van der Waals surface area contributed by atoms with Crippen molar-refractivity contribution in [3.05, 3.63) is 59.7 Å². The highest BCUT2D eigenvalue weighted by Crippen LogP contribution is 2.16. The third-order valence-electron chi connectivity index (χ3n) is 3.17. The maximum atomic E-state index is 11.8. The molecular weight excluding hydrogens is 276 g/mol. The van der Waals surface area contributed by atoms with Crippen LogP contribution in [0.1, 0.15) is 24.0 Å². The van der Waals surface area contributed by atoms with Crippen molar-refractivity contribution in [2.45, 2.75) is 19.8 Å². The lowest BCUT2D eigenvalue weighted by molar-refractivity contribution is -0.116. The first kappa shape index (κ1) is 15.6. The molecule has 2 aromatic carbocycles. The lowest BCUT2D eigenvalue weighted by atomic mass is 10.2. The SMILES string of the molecule is Cc1ccccc1OCCCC(=O)Nc1cccc(C#N)c1. The minimum Gasteiger partial charge on any atom is -0.493 e. The molecule has 0 aliphatic heterocycles. The van der Waals surface area contributed by atoms with E-state index in [4.69, 9.17) is 10.00 Å². The number of para-hydroxylation sites is 1. The van der Waals surface area contributed by atoms with E-state index in [1.54, 1.807) is 24.3 Å². The number of hydrogen-bond acceptors (Lipinski definition) is 3. The van der Waals surface area contributed by atoms with Crippen LogP contribution in [0.25, 0.3) is 0 Å². The summed E-state index contributed by atoms with van der Waals surface area (Å²) in [6.07, 6.45) is 1.01. The smallest absolute Gasteiger partial charge is 0.224 e. The number of benzene rings is 2. The molecule has 0 unspecified atom stereocenters. The number of nitriles is 1. The van der Waals surface area contributed by atoms with Gasteiger partial charge in [-0.25, -0.2) is 0 Å². The monoisotopic (exact) mass is 294 g/mol. The number of aryl methyl sites for hydroxylation is 1. The molecule has 0 radical (unpaired) electrons. The zero-order chi connectivity index (χ0) is 15.8. The maximum Gasteiger partial charge on any atom is 0.224 e. The fraction of sp³-hybridized carbons (Fsp3) is 0.222. The topological polar surface area (TPSA) is 62.1 Å². The van der Waals surface area contributed by atoms with Crippen molar-refractivity contribution >= 4 is 11.6 Å². The zero-order valence-corrected chi connectivity index (χ0v) is 12.5. The molecule has 4 nitrogen and oxygen atoms in total. The Morgan fingerprint density at radius 2 is 2.05 bits per heavy atom. The van der Waals surface area contributed by atoms with Crippen LogP contribution in [0.15, 0.2) is 48.5 Å². The fourth-order valence-corrected chi connectivity index (χ4v) is 2.02. The molecule has 0 aromatic heterocycles. The van der Waals surface area contributed by atoms with Crippen LogP contribution in [-0.4, -0.2) is 12.5 Å². The van der Waals surface area contributed by atoms with Crippen LogP contribution in [0.3, 0.4) is 0 Å². The van der Waals surface area contributed by atoms with Crippen LogP contribution in [0.5, 0.6) is 5.75 Å². The van der Waals surface area contributed by atoms with E-state index in [0.717, 1.165) is 11.3 Å². The van der Waals surface area contributed by atoms with Crippen LogP contribution < -0.4 is 10.1 Å². The van der Waals surface area contributed by atoms with Crippen molar-refractivity contribution < 1.29 is 9.53 Å². The predicted molar refractivity (Wildman–Crippen MR) is 85.7 cm³/mol. The number of nitrogens with zero attached hydrogens (tertiary/aromatic N) is 1. The van der Waals surface area contributed by atoms with Gasteiger partial charge in [-0.3, -0.25) is 4.79 Å². The highest BCUT2D eigenvalue weighted by atomic mass is 16.5. The number of ether oxygens (including phenoxy) is 1. The van der Waals surface area contributed by atoms with Gasteiger partial charge in [0.2, 0.25) is 5.91 Å². The average Bonchev–Trinajstić information content (AvgIpc) is 2.53. The summed E-state index contributed by atoms with van der Waals surface area (Å²) in [5.41, 5.74) is 2.25. The first-order chi connectivity index (χ1) is 10.7. The van der Waals surface area contributed by atoms with Crippen LogP contribution in [0, 0.1) is 18.3 Å². The summed E-state index contributed by atoms with van der Waals surface area (Å²) in [5, 5.41) is 11.6. The minimum atomic E-state index is -0.0801. The highest BCUT2D eigenvalue weighted by Gasteiger charge is 2.04. The van der Waals surface area contributed by atoms with Crippen molar-refractivity contribution in [1.82, 2.24) is 0 Å². The van der Waals surface area contributed by atoms with E-state index < -0.39 is 0 Å². The normalized spacial score (nSPS) is 9.82. The third kappa shape index (κ3) is 4.64. The molecule has 1 N–H and O–H groups in total. The molecule has 0 atom stereocenters. The molecule has 2 aromatic rings. The van der Waals surface area contributed by atoms with E-state index in [2.05, 4.69) is 5.32 Å². The third-order valence-corrected chi connectivity index (χ3v) is 3.17. The summed E-state index contributed by atoms with van der Waals surface area (Å²) in [6, 6.07) is 16.7. The van der Waals surface area contributed by atoms with Gasteiger partial charge in [-0.05, 0) is 43.2 Å². The van der Waals surface area contributed by atoms with Gasteiger partial charge in [0.15, 0.2) is 0 Å². The number of carbonyl (C=O) groups is 1. The number of hydrogen-bond donors (Lipinski definition) is 1. The second-order valence-electron chi connectivity index (χ2n) is 4.96. The Kier molecular flexibility index (Phi) is 5.56. The second kappa shape index (κ2) is 7.84. The Bertz CT molecular complexity index is 689. The summed E-state index contributed by atoms with van der Waals surface area (Å²) >= 11 is 0. The van der Waals surface area contributed by atoms with Crippen molar-refractivity contribution in [2.75, 3.05) is 11.9 Å². The van der Waals surface area contributed by atoms with E-state index in [-0.39, 0.29) is 5.91 Å². The number of nitrogens with one attached hydrogen (secondary N) is 1. The number of amides is 1. The maximum absolute atomic E-state index is 11.8. The molecule has 112 valence electrons. The first-order valence-electron chi connectivity index (χ1n) is 7.17. The molecule has 1 amide bonds. The van der Waals surface area contributed by atoms with Gasteiger partial charge in [0, 0.05) is 12.1 Å². The van der Waals surface area contributed by atoms with Gasteiger partial charge in [0.25, 0.3) is 0 Å². The van der Waals surface area contributed by atoms with E-state index in [1.165, 1.54) is 0 Å². The Balaban J connectivity index is 1.74. The predicted octanol–water partition coefficient (Wildman–Crippen LogP) is 3.66. The van der Waals surface area contributed by atoms with Gasteiger partial charge in [-0.2, -0.15) is 5.26 Å². The molecule has 2 rings (SSSR count). The second-order valence-corrected chi connectivity index (χ2v) is 4.96. The number of carbonyl (C=O) groups excluding carboxylic acids is 1. The van der Waals surface area contributed by atoms with E-state index in [1.807, 2.05) is 37.3 Å². The lowest BCUT2D eigenvalue weighted by Gasteiger charge is -2.09. The molecule has 0 bridgehead atoms. The summed E-state index contributed by atoms with van der Waals surface area (Å²) in [4.78, 5) is 11.8. The Morgan fingerprint density at radius 1 is 1.23 bits per heavy atom. The van der Waals surface area contributed by atoms with Crippen LogP contribution >= 0.6 is 0 Å². The molecule has 4 heteroatoms. The Hall–Kier alpha value is -2.80. The van der Waals surface area contributed by atoms with Gasteiger partial charge < -0.3 is 10.1 Å². The van der Waals surface area contributed by atoms with Crippen molar-refractivity contribution in [3.63, 3.8) is 0 Å². The molecule has 0 fully saturated rings. The summed E-state index contributed by atoms with van der Waals surface area (Å²) in [7, 11) is 0. The van der Waals surface area contributed by atoms with Crippen LogP contribution in [0.4, 0.5) is 5.69 Å². The van der Waals surface area contributed by atoms with Gasteiger partial charge in [0.1, 0.15) is 5.75 Å². The average molecular weight is 294 g/mol. The van der Waals surface area contributed by atoms with Crippen LogP contribution in [-0.2, 0) is 4.79 Å².